The Morgan fingerprint density at radius 2 is 2.11 bits per heavy atom. The fourth-order valence-electron chi connectivity index (χ4n) is 1.46. The average Bonchev–Trinajstić information content (AvgIpc) is 2.23. The van der Waals surface area contributed by atoms with Gasteiger partial charge < -0.3 is 10.1 Å². The topological polar surface area (TPSA) is 51.2 Å². The van der Waals surface area contributed by atoms with Crippen LogP contribution in [0.15, 0.2) is 12.1 Å². The van der Waals surface area contributed by atoms with Gasteiger partial charge in [0.2, 0.25) is 0 Å². The van der Waals surface area contributed by atoms with E-state index in [2.05, 4.69) is 26.2 Å². The number of pyridine rings is 1. The van der Waals surface area contributed by atoms with E-state index < -0.39 is 11.7 Å². The van der Waals surface area contributed by atoms with E-state index in [0.717, 1.165) is 22.3 Å². The number of hydrogen-bond acceptors (Lipinski definition) is 3. The minimum Gasteiger partial charge on any atom is -0.444 e. The van der Waals surface area contributed by atoms with Crippen LogP contribution in [0.2, 0.25) is 0 Å². The largest absolute Gasteiger partial charge is 0.444 e. The van der Waals surface area contributed by atoms with Gasteiger partial charge in [-0.3, -0.25) is 4.98 Å². The van der Waals surface area contributed by atoms with Crippen LogP contribution in [-0.4, -0.2) is 16.7 Å². The molecule has 0 aliphatic carbocycles. The fourth-order valence-corrected chi connectivity index (χ4v) is 1.78. The number of aromatic nitrogens is 1. The maximum absolute atomic E-state index is 11.5. The summed E-state index contributed by atoms with van der Waals surface area (Å²) in [7, 11) is 0. The third-order valence-electron chi connectivity index (χ3n) is 2.03. The van der Waals surface area contributed by atoms with Crippen molar-refractivity contribution < 1.29 is 9.53 Å². The highest BCUT2D eigenvalue weighted by atomic mass is 79.9. The number of aryl methyl sites for hydroxylation is 1. The van der Waals surface area contributed by atoms with Crippen LogP contribution in [0.5, 0.6) is 0 Å². The monoisotopic (exact) mass is 314 g/mol. The summed E-state index contributed by atoms with van der Waals surface area (Å²) in [5, 5.41) is 3.47. The Morgan fingerprint density at radius 3 is 2.67 bits per heavy atom. The minimum atomic E-state index is -0.481. The van der Waals surface area contributed by atoms with E-state index in [1.54, 1.807) is 0 Å². The molecule has 0 atom stereocenters. The van der Waals surface area contributed by atoms with Crippen molar-refractivity contribution in [1.82, 2.24) is 10.3 Å². The quantitative estimate of drug-likeness (QED) is 0.871. The summed E-state index contributed by atoms with van der Waals surface area (Å²) in [5.74, 6) is 0. The summed E-state index contributed by atoms with van der Waals surface area (Å²) in [6.07, 6.45) is -0.425. The minimum absolute atomic E-state index is 0.372. The van der Waals surface area contributed by atoms with E-state index in [1.165, 1.54) is 0 Å². The molecule has 0 bridgehead atoms. The SMILES string of the molecule is Cc1cc(CBr)cc(CNC(=O)OC(C)(C)C)n1. The van der Waals surface area contributed by atoms with Crippen molar-refractivity contribution in [3.8, 4) is 0 Å². The van der Waals surface area contributed by atoms with E-state index in [4.69, 9.17) is 4.74 Å². The zero-order valence-electron chi connectivity index (χ0n) is 11.2. The van der Waals surface area contributed by atoms with Crippen molar-refractivity contribution in [2.24, 2.45) is 0 Å². The van der Waals surface area contributed by atoms with Gasteiger partial charge in [0.05, 0.1) is 12.2 Å². The van der Waals surface area contributed by atoms with Crippen LogP contribution in [0.3, 0.4) is 0 Å². The van der Waals surface area contributed by atoms with Gasteiger partial charge in [0.25, 0.3) is 0 Å². The number of amides is 1. The van der Waals surface area contributed by atoms with Crippen molar-refractivity contribution in [2.45, 2.75) is 45.2 Å². The van der Waals surface area contributed by atoms with Gasteiger partial charge in [0.1, 0.15) is 5.60 Å². The molecule has 0 aliphatic heterocycles. The van der Waals surface area contributed by atoms with Gasteiger partial charge in [-0.25, -0.2) is 4.79 Å². The molecule has 1 aromatic rings. The fraction of sp³-hybridized carbons (Fsp3) is 0.538. The third-order valence-corrected chi connectivity index (χ3v) is 2.68. The van der Waals surface area contributed by atoms with Gasteiger partial charge in [-0.05, 0) is 45.4 Å². The number of nitrogens with zero attached hydrogens (tertiary/aromatic N) is 1. The molecule has 18 heavy (non-hydrogen) atoms. The number of rotatable bonds is 3. The van der Waals surface area contributed by atoms with Crippen LogP contribution < -0.4 is 5.32 Å². The smallest absolute Gasteiger partial charge is 0.407 e. The van der Waals surface area contributed by atoms with Crippen LogP contribution in [0.4, 0.5) is 4.79 Å². The predicted molar refractivity (Wildman–Crippen MR) is 74.7 cm³/mol. The van der Waals surface area contributed by atoms with Gasteiger partial charge in [-0.2, -0.15) is 0 Å². The zero-order valence-corrected chi connectivity index (χ0v) is 12.8. The first-order chi connectivity index (χ1) is 8.30. The van der Waals surface area contributed by atoms with Crippen LogP contribution in [-0.2, 0) is 16.6 Å². The summed E-state index contributed by atoms with van der Waals surface area (Å²) in [6, 6.07) is 3.96. The normalized spacial score (nSPS) is 11.2. The first kappa shape index (κ1) is 15.0. The van der Waals surface area contributed by atoms with Crippen LogP contribution in [0, 0.1) is 6.92 Å². The molecule has 1 heterocycles. The molecule has 5 heteroatoms. The molecule has 0 aromatic carbocycles. The molecule has 0 unspecified atom stereocenters. The van der Waals surface area contributed by atoms with E-state index in [-0.39, 0.29) is 0 Å². The Bertz CT molecular complexity index is 427. The van der Waals surface area contributed by atoms with Crippen molar-refractivity contribution in [1.29, 1.82) is 0 Å². The number of halogens is 1. The number of carbonyl (C=O) groups is 1. The highest BCUT2D eigenvalue weighted by Gasteiger charge is 2.15. The molecule has 0 radical (unpaired) electrons. The molecule has 1 N–H and O–H groups in total. The number of hydrogen-bond donors (Lipinski definition) is 1. The number of alkyl halides is 1. The predicted octanol–water partition coefficient (Wildman–Crippen LogP) is 3.31. The molecule has 1 rings (SSSR count). The molecule has 0 spiro atoms. The van der Waals surface area contributed by atoms with Gasteiger partial charge in [-0.15, -0.1) is 0 Å². The first-order valence-corrected chi connectivity index (χ1v) is 6.91. The molecule has 0 aliphatic rings. The lowest BCUT2D eigenvalue weighted by molar-refractivity contribution is 0.0523. The summed E-state index contributed by atoms with van der Waals surface area (Å²) in [4.78, 5) is 15.9. The van der Waals surface area contributed by atoms with E-state index in [0.29, 0.717) is 6.54 Å². The van der Waals surface area contributed by atoms with Crippen LogP contribution in [0.25, 0.3) is 0 Å². The van der Waals surface area contributed by atoms with Gasteiger partial charge >= 0.3 is 6.09 Å². The van der Waals surface area contributed by atoms with E-state index in [9.17, 15) is 4.79 Å². The number of nitrogens with one attached hydrogen (secondary N) is 1. The summed E-state index contributed by atoms with van der Waals surface area (Å²) < 4.78 is 5.16. The number of alkyl carbamates (subject to hydrolysis) is 1. The molecule has 0 saturated heterocycles. The Hall–Kier alpha value is -1.10. The number of carbonyl (C=O) groups excluding carboxylic acids is 1. The summed E-state index contributed by atoms with van der Waals surface area (Å²) in [6.45, 7) is 7.81. The summed E-state index contributed by atoms with van der Waals surface area (Å²) in [5.41, 5.74) is 2.43. The van der Waals surface area contributed by atoms with E-state index in [1.807, 2.05) is 39.8 Å². The first-order valence-electron chi connectivity index (χ1n) is 5.79. The number of ether oxygens (including phenoxy) is 1. The van der Waals surface area contributed by atoms with Crippen molar-refractivity contribution >= 4 is 22.0 Å². The second-order valence-corrected chi connectivity index (χ2v) is 5.66. The van der Waals surface area contributed by atoms with Gasteiger partial charge in [-0.1, -0.05) is 15.9 Å². The molecule has 0 fully saturated rings. The van der Waals surface area contributed by atoms with Crippen molar-refractivity contribution in [3.05, 3.63) is 29.1 Å². The molecule has 100 valence electrons. The third kappa shape index (κ3) is 5.49. The Balaban J connectivity index is 2.58. The molecular formula is C13H19BrN2O2. The average molecular weight is 315 g/mol. The second kappa shape index (κ2) is 6.18. The van der Waals surface area contributed by atoms with Gasteiger partial charge in [0, 0.05) is 11.0 Å². The van der Waals surface area contributed by atoms with Gasteiger partial charge in [0.15, 0.2) is 0 Å². The highest BCUT2D eigenvalue weighted by molar-refractivity contribution is 9.08. The van der Waals surface area contributed by atoms with E-state index >= 15 is 0 Å². The molecule has 4 nitrogen and oxygen atoms in total. The summed E-state index contributed by atoms with van der Waals surface area (Å²) >= 11 is 3.41. The second-order valence-electron chi connectivity index (χ2n) is 5.10. The Morgan fingerprint density at radius 1 is 1.44 bits per heavy atom. The Labute approximate surface area is 116 Å². The Kier molecular flexibility index (Phi) is 5.14. The standard InChI is InChI=1S/C13H19BrN2O2/c1-9-5-10(7-14)6-11(16-9)8-15-12(17)18-13(2,3)4/h5-6H,7-8H2,1-4H3,(H,15,17). The maximum atomic E-state index is 11.5. The molecule has 0 saturated carbocycles. The van der Waals surface area contributed by atoms with Crippen LogP contribution in [0.1, 0.15) is 37.7 Å². The zero-order chi connectivity index (χ0) is 13.8. The molecule has 1 aromatic heterocycles. The lowest BCUT2D eigenvalue weighted by Crippen LogP contribution is -2.32. The van der Waals surface area contributed by atoms with Crippen molar-refractivity contribution in [2.75, 3.05) is 0 Å². The maximum Gasteiger partial charge on any atom is 0.407 e. The highest BCUT2D eigenvalue weighted by Crippen LogP contribution is 2.10. The molecular weight excluding hydrogens is 296 g/mol. The molecule has 1 amide bonds. The van der Waals surface area contributed by atoms with Crippen molar-refractivity contribution in [3.63, 3.8) is 0 Å². The lowest BCUT2D eigenvalue weighted by Gasteiger charge is -2.19. The van der Waals surface area contributed by atoms with Crippen LogP contribution >= 0.6 is 15.9 Å². The lowest BCUT2D eigenvalue weighted by atomic mass is 10.2.